The fraction of sp³-hybridized carbons (Fsp3) is 0. The second kappa shape index (κ2) is 18.5. The first-order valence-corrected chi connectivity index (χ1v) is 24.3. The number of hydrogen-bond donors (Lipinski definition) is 0. The molecule has 3 heteroatoms. The van der Waals surface area contributed by atoms with Crippen molar-refractivity contribution >= 4 is 65.6 Å². The Morgan fingerprint density at radius 3 is 0.971 bits per heavy atom. The van der Waals surface area contributed by atoms with Gasteiger partial charge in [-0.05, 0) is 117 Å². The van der Waals surface area contributed by atoms with E-state index < -0.39 is 0 Å². The van der Waals surface area contributed by atoms with Gasteiger partial charge in [0.2, 0.25) is 0 Å². The zero-order valence-electron chi connectivity index (χ0n) is 37.9. The van der Waals surface area contributed by atoms with Crippen LogP contribution in [-0.2, 0) is 0 Å². The normalized spacial score (nSPS) is 11.2. The number of rotatable bonds is 11. The monoisotopic (exact) mass is 898 g/mol. The van der Waals surface area contributed by atoms with Crippen LogP contribution in [0.1, 0.15) is 0 Å². The van der Waals surface area contributed by atoms with Crippen LogP contribution < -0.4 is 9.80 Å². The van der Waals surface area contributed by atoms with E-state index in [1.165, 1.54) is 64.7 Å². The third-order valence-corrected chi connectivity index (χ3v) is 14.3. The van der Waals surface area contributed by atoms with Crippen LogP contribution in [0, 0.1) is 0 Å². The summed E-state index contributed by atoms with van der Waals surface area (Å²) >= 11 is 1.86. The average molecular weight is 899 g/mol. The van der Waals surface area contributed by atoms with Gasteiger partial charge in [0.15, 0.2) is 0 Å². The fourth-order valence-electron chi connectivity index (χ4n) is 9.75. The van der Waals surface area contributed by atoms with Crippen molar-refractivity contribution in [1.82, 2.24) is 0 Å². The minimum Gasteiger partial charge on any atom is -0.310 e. The highest BCUT2D eigenvalue weighted by Gasteiger charge is 2.23. The first-order valence-electron chi connectivity index (χ1n) is 23.5. The van der Waals surface area contributed by atoms with Crippen LogP contribution in [-0.4, -0.2) is 0 Å². The first kappa shape index (κ1) is 41.7. The Balaban J connectivity index is 1.00. The standard InChI is InChI=1S/C66H46N2S/c1-4-17-47(18-5-1)50-31-39-54(40-32-50)67(55-41-33-51(34-42-55)48-19-6-2-7-20-48)62-27-13-10-23-59(62)60-24-11-14-28-63(60)68(56-43-35-52(36-44-56)49-21-8-3-9-22-49)57-45-37-53(38-46-57)58-26-16-30-65-66(58)61-25-12-15-29-64(61)69-65/h1-46H. The molecule has 0 radical (unpaired) electrons. The van der Waals surface area contributed by atoms with Crippen molar-refractivity contribution in [1.29, 1.82) is 0 Å². The zero-order valence-corrected chi connectivity index (χ0v) is 38.7. The summed E-state index contributed by atoms with van der Waals surface area (Å²) in [4.78, 5) is 4.82. The predicted octanol–water partition coefficient (Wildman–Crippen LogP) is 19.3. The summed E-state index contributed by atoms with van der Waals surface area (Å²) in [5.41, 5.74) is 18.2. The van der Waals surface area contributed by atoms with E-state index in [0.717, 1.165) is 45.3 Å². The van der Waals surface area contributed by atoms with Crippen LogP contribution in [0.5, 0.6) is 0 Å². The molecule has 0 aliphatic carbocycles. The minimum absolute atomic E-state index is 1.07. The SMILES string of the molecule is c1ccc(-c2ccc(N(c3ccc(-c4ccccc4)cc3)c3ccccc3-c3ccccc3N(c3ccc(-c4ccccc4)cc3)c3ccc(-c4cccc5sc6ccccc6c45)cc3)cc2)cc1. The van der Waals surface area contributed by atoms with E-state index in [4.69, 9.17) is 0 Å². The average Bonchev–Trinajstić information content (AvgIpc) is 3.82. The molecule has 0 fully saturated rings. The molecule has 2 nitrogen and oxygen atoms in total. The van der Waals surface area contributed by atoms with E-state index in [1.807, 2.05) is 11.3 Å². The molecule has 0 atom stereocenters. The highest BCUT2D eigenvalue weighted by Crippen LogP contribution is 2.48. The van der Waals surface area contributed by atoms with E-state index in [0.29, 0.717) is 0 Å². The van der Waals surface area contributed by atoms with Crippen molar-refractivity contribution in [2.45, 2.75) is 0 Å². The Hall–Kier alpha value is -8.76. The van der Waals surface area contributed by atoms with Gasteiger partial charge in [0.1, 0.15) is 0 Å². The molecule has 1 heterocycles. The summed E-state index contributed by atoms with van der Waals surface area (Å²) < 4.78 is 2.62. The van der Waals surface area contributed by atoms with Gasteiger partial charge in [-0.2, -0.15) is 0 Å². The van der Waals surface area contributed by atoms with Crippen LogP contribution in [0.4, 0.5) is 34.1 Å². The molecule has 12 aromatic rings. The summed E-state index contributed by atoms with van der Waals surface area (Å²) in [6.07, 6.45) is 0. The van der Waals surface area contributed by atoms with Gasteiger partial charge in [-0.15, -0.1) is 11.3 Å². The molecule has 0 unspecified atom stereocenters. The number of thiophene rings is 1. The van der Waals surface area contributed by atoms with Gasteiger partial charge in [0.05, 0.1) is 11.4 Å². The van der Waals surface area contributed by atoms with Crippen LogP contribution >= 0.6 is 11.3 Å². The second-order valence-corrected chi connectivity index (χ2v) is 18.4. The van der Waals surface area contributed by atoms with Crippen molar-refractivity contribution in [3.8, 4) is 55.6 Å². The van der Waals surface area contributed by atoms with Crippen molar-refractivity contribution in [2.24, 2.45) is 0 Å². The first-order chi connectivity index (χ1) is 34.2. The lowest BCUT2D eigenvalue weighted by Crippen LogP contribution is -2.13. The highest BCUT2D eigenvalue weighted by molar-refractivity contribution is 7.25. The maximum atomic E-state index is 2.42. The van der Waals surface area contributed by atoms with E-state index in [1.54, 1.807) is 0 Å². The van der Waals surface area contributed by atoms with Gasteiger partial charge in [-0.1, -0.05) is 206 Å². The van der Waals surface area contributed by atoms with E-state index in [-0.39, 0.29) is 0 Å². The summed E-state index contributed by atoms with van der Waals surface area (Å²) in [6.45, 7) is 0. The maximum Gasteiger partial charge on any atom is 0.0540 e. The van der Waals surface area contributed by atoms with Gasteiger partial charge in [-0.3, -0.25) is 0 Å². The molecule has 1 aromatic heterocycles. The molecule has 12 rings (SSSR count). The van der Waals surface area contributed by atoms with Crippen LogP contribution in [0.3, 0.4) is 0 Å². The van der Waals surface area contributed by atoms with Crippen LogP contribution in [0.2, 0.25) is 0 Å². The van der Waals surface area contributed by atoms with E-state index in [9.17, 15) is 0 Å². The molecule has 69 heavy (non-hydrogen) atoms. The molecule has 0 saturated heterocycles. The molecule has 0 saturated carbocycles. The van der Waals surface area contributed by atoms with Crippen molar-refractivity contribution in [2.75, 3.05) is 9.80 Å². The molecular formula is C66H46N2S. The highest BCUT2D eigenvalue weighted by atomic mass is 32.1. The summed E-state index contributed by atoms with van der Waals surface area (Å²) in [5, 5.41) is 2.62. The Kier molecular flexibility index (Phi) is 11.2. The summed E-state index contributed by atoms with van der Waals surface area (Å²) in [6, 6.07) is 101. The molecule has 0 aliphatic rings. The topological polar surface area (TPSA) is 6.48 Å². The Morgan fingerprint density at radius 1 is 0.217 bits per heavy atom. The quantitative estimate of drug-likeness (QED) is 0.128. The Bertz CT molecular complexity index is 3590. The van der Waals surface area contributed by atoms with Gasteiger partial charge in [0, 0.05) is 54.0 Å². The molecule has 326 valence electrons. The third-order valence-electron chi connectivity index (χ3n) is 13.1. The maximum absolute atomic E-state index is 2.42. The third kappa shape index (κ3) is 8.16. The van der Waals surface area contributed by atoms with Crippen LogP contribution in [0.15, 0.2) is 279 Å². The number of benzene rings is 11. The lowest BCUT2D eigenvalue weighted by molar-refractivity contribution is 1.27. The summed E-state index contributed by atoms with van der Waals surface area (Å²) in [5.74, 6) is 0. The van der Waals surface area contributed by atoms with Gasteiger partial charge < -0.3 is 9.80 Å². The minimum atomic E-state index is 1.07. The zero-order chi connectivity index (χ0) is 45.9. The Morgan fingerprint density at radius 2 is 0.536 bits per heavy atom. The van der Waals surface area contributed by atoms with Crippen LogP contribution in [0.25, 0.3) is 75.8 Å². The van der Waals surface area contributed by atoms with E-state index >= 15 is 0 Å². The van der Waals surface area contributed by atoms with Crippen molar-refractivity contribution in [3.63, 3.8) is 0 Å². The largest absolute Gasteiger partial charge is 0.310 e. The smallest absolute Gasteiger partial charge is 0.0540 e. The fourth-order valence-corrected chi connectivity index (χ4v) is 10.9. The summed E-state index contributed by atoms with van der Waals surface area (Å²) in [7, 11) is 0. The molecule has 0 bridgehead atoms. The predicted molar refractivity (Wildman–Crippen MR) is 296 cm³/mol. The van der Waals surface area contributed by atoms with Gasteiger partial charge in [0.25, 0.3) is 0 Å². The van der Waals surface area contributed by atoms with Gasteiger partial charge in [-0.25, -0.2) is 0 Å². The van der Waals surface area contributed by atoms with Crippen molar-refractivity contribution in [3.05, 3.63) is 279 Å². The Labute approximate surface area is 407 Å². The molecular weight excluding hydrogens is 853 g/mol. The number of fused-ring (bicyclic) bond motifs is 3. The molecule has 0 aliphatic heterocycles. The molecule has 0 amide bonds. The van der Waals surface area contributed by atoms with E-state index in [2.05, 4.69) is 289 Å². The number of nitrogens with zero attached hydrogens (tertiary/aromatic N) is 2. The van der Waals surface area contributed by atoms with Gasteiger partial charge >= 0.3 is 0 Å². The lowest BCUT2D eigenvalue weighted by Gasteiger charge is -2.31. The number of anilines is 6. The number of hydrogen-bond acceptors (Lipinski definition) is 3. The van der Waals surface area contributed by atoms with Crippen molar-refractivity contribution < 1.29 is 0 Å². The molecule has 0 spiro atoms. The molecule has 0 N–H and O–H groups in total. The molecule has 11 aromatic carbocycles. The second-order valence-electron chi connectivity index (χ2n) is 17.3. The number of para-hydroxylation sites is 2. The lowest BCUT2D eigenvalue weighted by atomic mass is 9.97.